The minimum absolute atomic E-state index is 0.0194. The van der Waals surface area contributed by atoms with Crippen molar-refractivity contribution in [3.63, 3.8) is 0 Å². The number of aromatic hydroxyl groups is 1. The molecule has 2 N–H and O–H groups in total. The second-order valence-electron chi connectivity index (χ2n) is 4.08. The fourth-order valence-corrected chi connectivity index (χ4v) is 1.79. The zero-order valence-corrected chi connectivity index (χ0v) is 10.8. The summed E-state index contributed by atoms with van der Waals surface area (Å²) in [4.78, 5) is 29.3. The van der Waals surface area contributed by atoms with Crippen molar-refractivity contribution in [3.8, 4) is 5.88 Å². The Morgan fingerprint density at radius 2 is 2.11 bits per heavy atom. The lowest BCUT2D eigenvalue weighted by molar-refractivity contribution is 0.378. The standard InChI is InChI=1S/C12H15N3O4/c1-3-7-5-13-9(19-7)6-15-11(17)8(4-2)10(16)14-12(15)18/h5,17H,3-4,6H2,1-2H3,(H,14,16,18). The first-order chi connectivity index (χ1) is 9.06. The predicted molar refractivity (Wildman–Crippen MR) is 67.3 cm³/mol. The maximum Gasteiger partial charge on any atom is 0.331 e. The molecule has 0 saturated heterocycles. The van der Waals surface area contributed by atoms with Crippen LogP contribution in [0, 0.1) is 0 Å². The number of nitrogens with one attached hydrogen (secondary N) is 1. The second-order valence-corrected chi connectivity index (χ2v) is 4.08. The monoisotopic (exact) mass is 265 g/mol. The van der Waals surface area contributed by atoms with E-state index >= 15 is 0 Å². The van der Waals surface area contributed by atoms with Crippen molar-refractivity contribution in [2.24, 2.45) is 0 Å². The molecule has 2 rings (SSSR count). The number of nitrogens with zero attached hydrogens (tertiary/aromatic N) is 2. The second kappa shape index (κ2) is 5.13. The SMILES string of the molecule is CCc1cnc(Cn2c(O)c(CC)c(=O)[nH]c2=O)o1. The molecule has 0 atom stereocenters. The molecule has 0 aliphatic rings. The molecule has 0 aliphatic heterocycles. The van der Waals surface area contributed by atoms with Gasteiger partial charge in [0.1, 0.15) is 12.3 Å². The molecule has 0 unspecified atom stereocenters. The topological polar surface area (TPSA) is 101 Å². The molecular weight excluding hydrogens is 250 g/mol. The minimum Gasteiger partial charge on any atom is -0.494 e. The van der Waals surface area contributed by atoms with Crippen molar-refractivity contribution >= 4 is 0 Å². The zero-order valence-electron chi connectivity index (χ0n) is 10.8. The first kappa shape index (κ1) is 13.1. The lowest BCUT2D eigenvalue weighted by atomic mass is 10.2. The van der Waals surface area contributed by atoms with Gasteiger partial charge >= 0.3 is 5.69 Å². The molecule has 2 heterocycles. The molecule has 2 aromatic heterocycles. The molecule has 0 aromatic carbocycles. The highest BCUT2D eigenvalue weighted by Gasteiger charge is 2.14. The number of rotatable bonds is 4. The highest BCUT2D eigenvalue weighted by molar-refractivity contribution is 5.22. The largest absolute Gasteiger partial charge is 0.494 e. The van der Waals surface area contributed by atoms with Gasteiger partial charge in [0, 0.05) is 6.42 Å². The normalized spacial score (nSPS) is 10.8. The van der Waals surface area contributed by atoms with Gasteiger partial charge in [-0.3, -0.25) is 14.3 Å². The van der Waals surface area contributed by atoms with Crippen LogP contribution in [0.3, 0.4) is 0 Å². The summed E-state index contributed by atoms with van der Waals surface area (Å²) >= 11 is 0. The molecule has 7 heteroatoms. The van der Waals surface area contributed by atoms with Crippen LogP contribution in [-0.2, 0) is 19.4 Å². The minimum atomic E-state index is -0.684. The Bertz CT molecular complexity index is 696. The van der Waals surface area contributed by atoms with Crippen molar-refractivity contribution in [1.82, 2.24) is 14.5 Å². The third kappa shape index (κ3) is 2.44. The van der Waals surface area contributed by atoms with E-state index in [9.17, 15) is 14.7 Å². The van der Waals surface area contributed by atoms with Crippen LogP contribution in [0.15, 0.2) is 20.2 Å². The summed E-state index contributed by atoms with van der Waals surface area (Å²) in [6.45, 7) is 3.62. The Balaban J connectivity index is 2.45. The van der Waals surface area contributed by atoms with Crippen molar-refractivity contribution in [3.05, 3.63) is 44.2 Å². The maximum atomic E-state index is 11.7. The third-order valence-corrected chi connectivity index (χ3v) is 2.86. The van der Waals surface area contributed by atoms with Crippen molar-refractivity contribution < 1.29 is 9.52 Å². The fourth-order valence-electron chi connectivity index (χ4n) is 1.79. The number of oxazole rings is 1. The van der Waals surface area contributed by atoms with E-state index in [2.05, 4.69) is 9.97 Å². The molecule has 0 radical (unpaired) electrons. The summed E-state index contributed by atoms with van der Waals surface area (Å²) in [5.74, 6) is 0.665. The van der Waals surface area contributed by atoms with Crippen LogP contribution in [0.1, 0.15) is 31.1 Å². The zero-order chi connectivity index (χ0) is 14.0. The van der Waals surface area contributed by atoms with E-state index in [1.165, 1.54) is 0 Å². The lowest BCUT2D eigenvalue weighted by Crippen LogP contribution is -2.32. The van der Waals surface area contributed by atoms with E-state index in [0.717, 1.165) is 4.57 Å². The van der Waals surface area contributed by atoms with Crippen LogP contribution in [0.4, 0.5) is 0 Å². The van der Waals surface area contributed by atoms with Gasteiger partial charge in [0.25, 0.3) is 5.56 Å². The van der Waals surface area contributed by atoms with Gasteiger partial charge in [-0.1, -0.05) is 13.8 Å². The van der Waals surface area contributed by atoms with Crippen LogP contribution in [0.5, 0.6) is 5.88 Å². The van der Waals surface area contributed by atoms with E-state index in [0.29, 0.717) is 24.5 Å². The molecule has 0 fully saturated rings. The Morgan fingerprint density at radius 1 is 1.37 bits per heavy atom. The van der Waals surface area contributed by atoms with Gasteiger partial charge < -0.3 is 9.52 Å². The molecule has 0 spiro atoms. The van der Waals surface area contributed by atoms with Crippen molar-refractivity contribution in [1.29, 1.82) is 0 Å². The number of aryl methyl sites for hydroxylation is 1. The summed E-state index contributed by atoms with van der Waals surface area (Å²) in [7, 11) is 0. The predicted octanol–water partition coefficient (Wildman–Crippen LogP) is 0.403. The average molecular weight is 265 g/mol. The van der Waals surface area contributed by atoms with Gasteiger partial charge in [-0.05, 0) is 6.42 Å². The van der Waals surface area contributed by atoms with Crippen LogP contribution in [0.25, 0.3) is 0 Å². The fraction of sp³-hybridized carbons (Fsp3) is 0.417. The van der Waals surface area contributed by atoms with Crippen molar-refractivity contribution in [2.45, 2.75) is 33.2 Å². The van der Waals surface area contributed by atoms with Crippen LogP contribution in [-0.4, -0.2) is 19.6 Å². The van der Waals surface area contributed by atoms with Gasteiger partial charge in [0.15, 0.2) is 0 Å². The Labute approximate surface area is 108 Å². The first-order valence-corrected chi connectivity index (χ1v) is 6.05. The van der Waals surface area contributed by atoms with Gasteiger partial charge in [-0.25, -0.2) is 9.78 Å². The molecule has 0 amide bonds. The molecule has 2 aromatic rings. The van der Waals surface area contributed by atoms with Crippen LogP contribution < -0.4 is 11.2 Å². The Hall–Kier alpha value is -2.31. The summed E-state index contributed by atoms with van der Waals surface area (Å²) in [5.41, 5.74) is -1.08. The van der Waals surface area contributed by atoms with E-state index in [1.807, 2.05) is 6.92 Å². The van der Waals surface area contributed by atoms with Gasteiger partial charge in [0.2, 0.25) is 11.8 Å². The molecule has 7 nitrogen and oxygen atoms in total. The molecular formula is C12H15N3O4. The van der Waals surface area contributed by atoms with E-state index in [1.54, 1.807) is 13.1 Å². The van der Waals surface area contributed by atoms with Gasteiger partial charge in [-0.2, -0.15) is 0 Å². The van der Waals surface area contributed by atoms with E-state index in [-0.39, 0.29) is 18.0 Å². The number of aromatic nitrogens is 3. The molecule has 19 heavy (non-hydrogen) atoms. The van der Waals surface area contributed by atoms with E-state index in [4.69, 9.17) is 4.42 Å². The number of hydrogen-bond donors (Lipinski definition) is 2. The number of aromatic amines is 1. The highest BCUT2D eigenvalue weighted by atomic mass is 16.4. The smallest absolute Gasteiger partial charge is 0.331 e. The maximum absolute atomic E-state index is 11.7. The van der Waals surface area contributed by atoms with Crippen LogP contribution >= 0.6 is 0 Å². The quantitative estimate of drug-likeness (QED) is 0.833. The summed E-state index contributed by atoms with van der Waals surface area (Å²) in [6.07, 6.45) is 2.59. The summed E-state index contributed by atoms with van der Waals surface area (Å²) in [5, 5.41) is 9.95. The van der Waals surface area contributed by atoms with Crippen molar-refractivity contribution in [2.75, 3.05) is 0 Å². The Morgan fingerprint density at radius 3 is 2.68 bits per heavy atom. The summed E-state index contributed by atoms with van der Waals surface area (Å²) < 4.78 is 6.41. The Kier molecular flexibility index (Phi) is 3.55. The molecule has 0 aliphatic carbocycles. The highest BCUT2D eigenvalue weighted by Crippen LogP contribution is 2.13. The lowest BCUT2D eigenvalue weighted by Gasteiger charge is -2.08. The van der Waals surface area contributed by atoms with Gasteiger partial charge in [0.05, 0.1) is 11.8 Å². The average Bonchev–Trinajstić information content (AvgIpc) is 2.82. The van der Waals surface area contributed by atoms with Crippen LogP contribution in [0.2, 0.25) is 0 Å². The molecule has 0 bridgehead atoms. The van der Waals surface area contributed by atoms with Gasteiger partial charge in [-0.15, -0.1) is 0 Å². The third-order valence-electron chi connectivity index (χ3n) is 2.86. The number of hydrogen-bond acceptors (Lipinski definition) is 5. The summed E-state index contributed by atoms with van der Waals surface area (Å²) in [6, 6.07) is 0. The molecule has 0 saturated carbocycles. The molecule has 102 valence electrons. The number of H-pyrrole nitrogens is 1. The van der Waals surface area contributed by atoms with E-state index < -0.39 is 11.2 Å². The first-order valence-electron chi connectivity index (χ1n) is 6.05.